The van der Waals surface area contributed by atoms with Crippen LogP contribution in [0.25, 0.3) is 11.1 Å². The Bertz CT molecular complexity index is 770. The molecular formula is C14H14F3N3O. The third kappa shape index (κ3) is 2.49. The van der Waals surface area contributed by atoms with Crippen LogP contribution in [-0.2, 0) is 6.18 Å². The number of H-pyrrole nitrogens is 1. The van der Waals surface area contributed by atoms with Crippen LogP contribution < -0.4 is 5.69 Å². The van der Waals surface area contributed by atoms with Crippen LogP contribution in [0.4, 0.5) is 13.2 Å². The van der Waals surface area contributed by atoms with Gasteiger partial charge in [-0.05, 0) is 30.7 Å². The third-order valence-electron chi connectivity index (χ3n) is 3.74. The number of likely N-dealkylation sites (N-methyl/N-ethyl adjacent to an activating group) is 1. The minimum Gasteiger partial charge on any atom is -0.312 e. The summed E-state index contributed by atoms with van der Waals surface area (Å²) in [5.41, 5.74) is -0.216. The molecule has 7 heteroatoms. The molecule has 0 radical (unpaired) electrons. The lowest BCUT2D eigenvalue weighted by Gasteiger charge is -2.22. The topological polar surface area (TPSA) is 40.5 Å². The van der Waals surface area contributed by atoms with E-state index in [0.29, 0.717) is 18.5 Å². The van der Waals surface area contributed by atoms with Crippen LogP contribution in [0.5, 0.6) is 0 Å². The molecule has 0 aliphatic carbocycles. The van der Waals surface area contributed by atoms with Crippen molar-refractivity contribution < 1.29 is 13.2 Å². The number of rotatable bonds is 1. The Kier molecular flexibility index (Phi) is 3.16. The summed E-state index contributed by atoms with van der Waals surface area (Å²) in [5.74, 6) is 0. The van der Waals surface area contributed by atoms with E-state index in [1.54, 1.807) is 0 Å². The predicted octanol–water partition coefficient (Wildman–Crippen LogP) is 2.37. The van der Waals surface area contributed by atoms with E-state index in [-0.39, 0.29) is 5.52 Å². The molecule has 112 valence electrons. The molecule has 1 aliphatic rings. The van der Waals surface area contributed by atoms with Gasteiger partial charge in [-0.2, -0.15) is 13.2 Å². The van der Waals surface area contributed by atoms with Crippen molar-refractivity contribution in [1.29, 1.82) is 0 Å². The summed E-state index contributed by atoms with van der Waals surface area (Å²) in [6, 6.07) is 1.12. The largest absolute Gasteiger partial charge is 0.418 e. The average Bonchev–Trinajstić information content (AvgIpc) is 2.79. The van der Waals surface area contributed by atoms with Gasteiger partial charge in [0, 0.05) is 25.5 Å². The van der Waals surface area contributed by atoms with Crippen molar-refractivity contribution in [2.45, 2.75) is 12.6 Å². The molecule has 0 saturated heterocycles. The summed E-state index contributed by atoms with van der Waals surface area (Å²) in [6.07, 6.45) is 0.640. The summed E-state index contributed by atoms with van der Waals surface area (Å²) in [7, 11) is 1.95. The van der Waals surface area contributed by atoms with E-state index in [4.69, 9.17) is 0 Å². The molecule has 3 heterocycles. The SMILES string of the molecule is CN1CC=C(c2cc(C(F)(F)F)c3c[nH]c(=O)n3c2)CC1. The van der Waals surface area contributed by atoms with Gasteiger partial charge in [0.05, 0.1) is 11.1 Å². The molecular weight excluding hydrogens is 283 g/mol. The summed E-state index contributed by atoms with van der Waals surface area (Å²) in [4.78, 5) is 16.0. The van der Waals surface area contributed by atoms with Gasteiger partial charge < -0.3 is 9.88 Å². The Labute approximate surface area is 118 Å². The molecule has 2 aromatic rings. The predicted molar refractivity (Wildman–Crippen MR) is 73.1 cm³/mol. The summed E-state index contributed by atoms with van der Waals surface area (Å²) in [6.45, 7) is 1.48. The molecule has 21 heavy (non-hydrogen) atoms. The van der Waals surface area contributed by atoms with Gasteiger partial charge in [-0.15, -0.1) is 0 Å². The van der Waals surface area contributed by atoms with Gasteiger partial charge >= 0.3 is 11.9 Å². The van der Waals surface area contributed by atoms with Crippen molar-refractivity contribution in [1.82, 2.24) is 14.3 Å². The average molecular weight is 297 g/mol. The number of nitrogens with one attached hydrogen (secondary N) is 1. The third-order valence-corrected chi connectivity index (χ3v) is 3.74. The van der Waals surface area contributed by atoms with Crippen molar-refractivity contribution in [2.75, 3.05) is 20.1 Å². The highest BCUT2D eigenvalue weighted by molar-refractivity contribution is 5.70. The number of fused-ring (bicyclic) bond motifs is 1. The molecule has 1 aliphatic heterocycles. The quantitative estimate of drug-likeness (QED) is 0.878. The van der Waals surface area contributed by atoms with Gasteiger partial charge in [0.2, 0.25) is 0 Å². The fourth-order valence-electron chi connectivity index (χ4n) is 2.56. The van der Waals surface area contributed by atoms with E-state index in [9.17, 15) is 18.0 Å². The van der Waals surface area contributed by atoms with Gasteiger partial charge in [-0.1, -0.05) is 6.08 Å². The van der Waals surface area contributed by atoms with Crippen LogP contribution in [0, 0.1) is 0 Å². The molecule has 0 amide bonds. The lowest BCUT2D eigenvalue weighted by atomic mass is 9.99. The Hall–Kier alpha value is -2.02. The molecule has 2 aromatic heterocycles. The maximum absolute atomic E-state index is 13.2. The highest BCUT2D eigenvalue weighted by Gasteiger charge is 2.34. The second-order valence-corrected chi connectivity index (χ2v) is 5.23. The minimum absolute atomic E-state index is 0.148. The standard InChI is InChI=1S/C14H14F3N3O/c1-19-4-2-9(3-5-19)10-6-11(14(15,16)17)12-7-18-13(21)20(12)8-10/h2,6-8H,3-5H2,1H3,(H,18,21). The van der Waals surface area contributed by atoms with Crippen molar-refractivity contribution in [3.05, 3.63) is 46.1 Å². The zero-order valence-electron chi connectivity index (χ0n) is 11.4. The van der Waals surface area contributed by atoms with E-state index in [2.05, 4.69) is 9.88 Å². The fraction of sp³-hybridized carbons (Fsp3) is 0.357. The van der Waals surface area contributed by atoms with Crippen LogP contribution in [-0.4, -0.2) is 34.4 Å². The lowest BCUT2D eigenvalue weighted by molar-refractivity contribution is -0.136. The Balaban J connectivity index is 2.21. The number of alkyl halides is 3. The highest BCUT2D eigenvalue weighted by Crippen LogP contribution is 2.34. The van der Waals surface area contributed by atoms with Crippen LogP contribution >= 0.6 is 0 Å². The maximum Gasteiger partial charge on any atom is 0.418 e. The van der Waals surface area contributed by atoms with E-state index in [1.165, 1.54) is 6.20 Å². The Morgan fingerprint density at radius 3 is 2.71 bits per heavy atom. The molecule has 0 aromatic carbocycles. The van der Waals surface area contributed by atoms with Crippen LogP contribution in [0.1, 0.15) is 17.5 Å². The van der Waals surface area contributed by atoms with Gasteiger partial charge in [0.1, 0.15) is 0 Å². The van der Waals surface area contributed by atoms with E-state index < -0.39 is 17.4 Å². The van der Waals surface area contributed by atoms with E-state index >= 15 is 0 Å². The molecule has 1 N–H and O–H groups in total. The molecule has 0 saturated carbocycles. The number of aromatic amines is 1. The van der Waals surface area contributed by atoms with Gasteiger partial charge in [0.25, 0.3) is 0 Å². The molecule has 0 spiro atoms. The summed E-state index contributed by atoms with van der Waals surface area (Å²) < 4.78 is 40.6. The fourth-order valence-corrected chi connectivity index (χ4v) is 2.56. The van der Waals surface area contributed by atoms with E-state index in [1.807, 2.05) is 13.1 Å². The normalized spacial score (nSPS) is 17.2. The van der Waals surface area contributed by atoms with Gasteiger partial charge in [-0.3, -0.25) is 4.40 Å². The van der Waals surface area contributed by atoms with Crippen LogP contribution in [0.15, 0.2) is 29.3 Å². The number of nitrogens with zero attached hydrogens (tertiary/aromatic N) is 2. The monoisotopic (exact) mass is 297 g/mol. The molecule has 0 fully saturated rings. The number of imidazole rings is 1. The number of aromatic nitrogens is 2. The molecule has 3 rings (SSSR count). The molecule has 0 unspecified atom stereocenters. The summed E-state index contributed by atoms with van der Waals surface area (Å²) >= 11 is 0. The van der Waals surface area contributed by atoms with Crippen molar-refractivity contribution in [2.24, 2.45) is 0 Å². The molecule has 0 atom stereocenters. The first-order chi connectivity index (χ1) is 9.86. The van der Waals surface area contributed by atoms with Gasteiger partial charge in [-0.25, -0.2) is 4.79 Å². The Morgan fingerprint density at radius 2 is 2.10 bits per heavy atom. The number of halogens is 3. The second-order valence-electron chi connectivity index (χ2n) is 5.23. The molecule has 4 nitrogen and oxygen atoms in total. The lowest BCUT2D eigenvalue weighted by Crippen LogP contribution is -2.24. The van der Waals surface area contributed by atoms with Crippen molar-refractivity contribution in [3.8, 4) is 0 Å². The first-order valence-corrected chi connectivity index (χ1v) is 6.55. The number of pyridine rings is 1. The number of hydrogen-bond donors (Lipinski definition) is 1. The van der Waals surface area contributed by atoms with Crippen LogP contribution in [0.2, 0.25) is 0 Å². The Morgan fingerprint density at radius 1 is 1.33 bits per heavy atom. The maximum atomic E-state index is 13.2. The smallest absolute Gasteiger partial charge is 0.312 e. The van der Waals surface area contributed by atoms with Gasteiger partial charge in [0.15, 0.2) is 0 Å². The first-order valence-electron chi connectivity index (χ1n) is 6.55. The summed E-state index contributed by atoms with van der Waals surface area (Å²) in [5, 5.41) is 0. The van der Waals surface area contributed by atoms with Crippen molar-refractivity contribution >= 4 is 11.1 Å². The zero-order chi connectivity index (χ0) is 15.2. The minimum atomic E-state index is -4.50. The number of hydrogen-bond acceptors (Lipinski definition) is 2. The van der Waals surface area contributed by atoms with Crippen LogP contribution in [0.3, 0.4) is 0 Å². The van der Waals surface area contributed by atoms with Crippen molar-refractivity contribution in [3.63, 3.8) is 0 Å². The molecule has 0 bridgehead atoms. The zero-order valence-corrected chi connectivity index (χ0v) is 11.4. The first kappa shape index (κ1) is 13.9. The highest BCUT2D eigenvalue weighted by atomic mass is 19.4. The van der Waals surface area contributed by atoms with E-state index in [0.717, 1.165) is 28.8 Å². The second kappa shape index (κ2) is 4.77.